The summed E-state index contributed by atoms with van der Waals surface area (Å²) >= 11 is 1.85. The quantitative estimate of drug-likeness (QED) is 0.165. The van der Waals surface area contributed by atoms with Crippen molar-refractivity contribution in [3.8, 4) is 28.3 Å². The SMILES string of the molecule is CC1(C)c2ccccc2-c2nc(-n3c4ccc5ccccc5c4c4c5c6ccccc6c6ccccc6c5ccc43)c(-c3ccc4sc5ccccc5c4c3)nc21. The van der Waals surface area contributed by atoms with E-state index >= 15 is 0 Å². The number of fused-ring (bicyclic) bond motifs is 18. The fourth-order valence-corrected chi connectivity index (χ4v) is 11.2. The summed E-state index contributed by atoms with van der Waals surface area (Å²) in [6.45, 7) is 4.58. The van der Waals surface area contributed by atoms with E-state index in [9.17, 15) is 0 Å². The molecule has 0 amide bonds. The molecule has 0 saturated heterocycles. The van der Waals surface area contributed by atoms with Crippen molar-refractivity contribution >= 4 is 96.4 Å². The zero-order chi connectivity index (χ0) is 37.6. The Morgan fingerprint density at radius 2 is 1.07 bits per heavy atom. The van der Waals surface area contributed by atoms with Crippen molar-refractivity contribution in [3.05, 3.63) is 175 Å². The molecule has 0 aliphatic heterocycles. The van der Waals surface area contributed by atoms with Gasteiger partial charge in [0.05, 0.1) is 22.4 Å². The molecule has 1 aliphatic carbocycles. The molecule has 13 rings (SSSR count). The van der Waals surface area contributed by atoms with Crippen molar-refractivity contribution in [2.75, 3.05) is 0 Å². The molecule has 0 atom stereocenters. The summed E-state index contributed by atoms with van der Waals surface area (Å²) in [5.41, 5.74) is 8.30. The Morgan fingerprint density at radius 3 is 1.89 bits per heavy atom. The van der Waals surface area contributed by atoms with Crippen molar-refractivity contribution in [1.82, 2.24) is 14.5 Å². The zero-order valence-electron chi connectivity index (χ0n) is 31.3. The van der Waals surface area contributed by atoms with Crippen LogP contribution < -0.4 is 0 Å². The predicted octanol–water partition coefficient (Wildman–Crippen LogP) is 14.5. The highest BCUT2D eigenvalue weighted by Gasteiger charge is 2.39. The Balaban J connectivity index is 1.24. The maximum atomic E-state index is 5.81. The minimum atomic E-state index is -0.307. The third-order valence-corrected chi connectivity index (χ3v) is 13.9. The largest absolute Gasteiger partial charge is 0.292 e. The van der Waals surface area contributed by atoms with Gasteiger partial charge in [-0.1, -0.05) is 147 Å². The van der Waals surface area contributed by atoms with E-state index in [1.807, 2.05) is 11.3 Å². The number of thiophene rings is 1. The highest BCUT2D eigenvalue weighted by atomic mass is 32.1. The molecule has 3 heterocycles. The molecule has 4 heteroatoms. The van der Waals surface area contributed by atoms with E-state index in [0.29, 0.717) is 0 Å². The van der Waals surface area contributed by atoms with Crippen LogP contribution in [0.25, 0.3) is 113 Å². The lowest BCUT2D eigenvalue weighted by Crippen LogP contribution is -2.18. The summed E-state index contributed by atoms with van der Waals surface area (Å²) in [6.07, 6.45) is 0. The average Bonchev–Trinajstić information content (AvgIpc) is 3.88. The number of hydrogen-bond donors (Lipinski definition) is 0. The number of aromatic nitrogens is 3. The predicted molar refractivity (Wildman–Crippen MR) is 242 cm³/mol. The molecule has 3 aromatic heterocycles. The molecule has 0 spiro atoms. The third-order valence-electron chi connectivity index (χ3n) is 12.7. The molecule has 0 saturated carbocycles. The first-order valence-corrected chi connectivity index (χ1v) is 20.5. The van der Waals surface area contributed by atoms with E-state index in [2.05, 4.69) is 182 Å². The van der Waals surface area contributed by atoms with Crippen molar-refractivity contribution in [2.45, 2.75) is 19.3 Å². The van der Waals surface area contributed by atoms with Crippen LogP contribution in [0, 0.1) is 0 Å². The van der Waals surface area contributed by atoms with Crippen LogP contribution in [-0.2, 0) is 5.41 Å². The zero-order valence-corrected chi connectivity index (χ0v) is 32.2. The first-order valence-electron chi connectivity index (χ1n) is 19.7. The average molecular weight is 744 g/mol. The van der Waals surface area contributed by atoms with Crippen LogP contribution in [0.5, 0.6) is 0 Å². The summed E-state index contributed by atoms with van der Waals surface area (Å²) in [5.74, 6) is 0.847. The Hall–Kier alpha value is -6.88. The molecule has 266 valence electrons. The molecule has 3 nitrogen and oxygen atoms in total. The van der Waals surface area contributed by atoms with Gasteiger partial charge in [0.15, 0.2) is 5.82 Å². The molecule has 9 aromatic carbocycles. The maximum absolute atomic E-state index is 5.81. The number of benzene rings is 9. The highest BCUT2D eigenvalue weighted by molar-refractivity contribution is 7.25. The molecule has 0 radical (unpaired) electrons. The van der Waals surface area contributed by atoms with E-state index in [-0.39, 0.29) is 5.41 Å². The van der Waals surface area contributed by atoms with Crippen LogP contribution in [0.4, 0.5) is 0 Å². The minimum Gasteiger partial charge on any atom is -0.292 e. The number of hydrogen-bond acceptors (Lipinski definition) is 3. The van der Waals surface area contributed by atoms with Crippen molar-refractivity contribution in [2.24, 2.45) is 0 Å². The molecule has 12 aromatic rings. The summed E-state index contributed by atoms with van der Waals surface area (Å²) in [4.78, 5) is 11.6. The van der Waals surface area contributed by atoms with E-state index < -0.39 is 0 Å². The standard InChI is InChI=1S/C53H33N3S/c1-53(2)41-21-11-9-20-39(41)50-51(53)54-49(31-24-28-45-40(29-31)36-18-10-12-22-44(36)57-45)52(55-50)56-42-26-23-30-13-3-4-14-32(30)47(42)48-43(56)27-25-38-35-17-6-5-15-33(35)34-16-7-8-19-37(34)46(38)48/h3-29H,1-2H3. The summed E-state index contributed by atoms with van der Waals surface area (Å²) in [7, 11) is 0. The van der Waals surface area contributed by atoms with Crippen LogP contribution in [0.3, 0.4) is 0 Å². The Labute approximate surface area is 332 Å². The monoisotopic (exact) mass is 743 g/mol. The Kier molecular flexibility index (Phi) is 6.12. The summed E-state index contributed by atoms with van der Waals surface area (Å²) in [6, 6.07) is 60.2. The van der Waals surface area contributed by atoms with Crippen LogP contribution in [0.15, 0.2) is 164 Å². The lowest BCUT2D eigenvalue weighted by atomic mass is 9.85. The van der Waals surface area contributed by atoms with Gasteiger partial charge in [0.1, 0.15) is 5.69 Å². The van der Waals surface area contributed by atoms with Crippen molar-refractivity contribution in [3.63, 3.8) is 0 Å². The van der Waals surface area contributed by atoms with Gasteiger partial charge in [-0.05, 0) is 73.6 Å². The topological polar surface area (TPSA) is 30.7 Å². The molecule has 0 unspecified atom stereocenters. The van der Waals surface area contributed by atoms with Crippen LogP contribution in [-0.4, -0.2) is 14.5 Å². The molecule has 1 aliphatic rings. The van der Waals surface area contributed by atoms with Gasteiger partial charge in [0.2, 0.25) is 0 Å². The van der Waals surface area contributed by atoms with Gasteiger partial charge in [0, 0.05) is 52.9 Å². The molecule has 0 fully saturated rings. The van der Waals surface area contributed by atoms with E-state index in [4.69, 9.17) is 9.97 Å². The fraction of sp³-hybridized carbons (Fsp3) is 0.0566. The van der Waals surface area contributed by atoms with Gasteiger partial charge in [-0.15, -0.1) is 11.3 Å². The van der Waals surface area contributed by atoms with E-state index in [1.165, 1.54) is 79.6 Å². The second kappa shape index (κ2) is 11.1. The summed E-state index contributed by atoms with van der Waals surface area (Å²) in [5, 5.41) is 15.1. The molecule has 0 bridgehead atoms. The Bertz CT molecular complexity index is 3700. The second-order valence-corrected chi connectivity index (χ2v) is 17.1. The van der Waals surface area contributed by atoms with Gasteiger partial charge in [0.25, 0.3) is 0 Å². The van der Waals surface area contributed by atoms with Crippen molar-refractivity contribution < 1.29 is 0 Å². The van der Waals surface area contributed by atoms with Gasteiger partial charge in [-0.3, -0.25) is 4.57 Å². The van der Waals surface area contributed by atoms with Gasteiger partial charge in [-0.25, -0.2) is 9.97 Å². The maximum Gasteiger partial charge on any atom is 0.165 e. The van der Waals surface area contributed by atoms with E-state index in [0.717, 1.165) is 45.1 Å². The number of nitrogens with zero attached hydrogens (tertiary/aromatic N) is 3. The third kappa shape index (κ3) is 4.10. The second-order valence-electron chi connectivity index (χ2n) is 16.1. The normalized spacial score (nSPS) is 13.6. The van der Waals surface area contributed by atoms with Gasteiger partial charge >= 0.3 is 0 Å². The first kappa shape index (κ1) is 31.3. The van der Waals surface area contributed by atoms with Crippen LogP contribution >= 0.6 is 11.3 Å². The van der Waals surface area contributed by atoms with Crippen LogP contribution in [0.2, 0.25) is 0 Å². The van der Waals surface area contributed by atoms with Gasteiger partial charge in [-0.2, -0.15) is 0 Å². The fourth-order valence-electron chi connectivity index (χ4n) is 10.1. The van der Waals surface area contributed by atoms with Gasteiger partial charge < -0.3 is 0 Å². The smallest absolute Gasteiger partial charge is 0.165 e. The lowest BCUT2D eigenvalue weighted by Gasteiger charge is -2.21. The molecule has 57 heavy (non-hydrogen) atoms. The Morgan fingerprint density at radius 1 is 0.456 bits per heavy atom. The highest BCUT2D eigenvalue weighted by Crippen LogP contribution is 2.50. The first-order chi connectivity index (χ1) is 28.0. The molecular formula is C53H33N3S. The van der Waals surface area contributed by atoms with Crippen molar-refractivity contribution in [1.29, 1.82) is 0 Å². The molecular weight excluding hydrogens is 711 g/mol. The number of rotatable bonds is 2. The van der Waals surface area contributed by atoms with E-state index in [1.54, 1.807) is 0 Å². The lowest BCUT2D eigenvalue weighted by molar-refractivity contribution is 0.635. The minimum absolute atomic E-state index is 0.307. The summed E-state index contributed by atoms with van der Waals surface area (Å²) < 4.78 is 4.99. The molecule has 0 N–H and O–H groups in total. The van der Waals surface area contributed by atoms with Crippen LogP contribution in [0.1, 0.15) is 25.1 Å².